The van der Waals surface area contributed by atoms with E-state index in [1.54, 1.807) is 12.5 Å². The largest absolute Gasteiger partial charge is 0.458 e. The van der Waals surface area contributed by atoms with Crippen molar-refractivity contribution in [3.05, 3.63) is 69.9 Å². The Morgan fingerprint density at radius 3 is 3.04 bits per heavy atom. The maximum Gasteiger partial charge on any atom is 0.283 e. The number of carbonyl (C=O) groups excluding carboxylic acids is 1. The van der Waals surface area contributed by atoms with Crippen molar-refractivity contribution in [3.63, 3.8) is 0 Å². The first-order valence-corrected chi connectivity index (χ1v) is 9.26. The summed E-state index contributed by atoms with van der Waals surface area (Å²) in [5, 5.41) is 1.52. The molecule has 0 fully saturated rings. The van der Waals surface area contributed by atoms with Gasteiger partial charge in [0.15, 0.2) is 5.01 Å². The zero-order valence-electron chi connectivity index (χ0n) is 14.1. The lowest BCUT2D eigenvalue weighted by atomic mass is 10.00. The van der Waals surface area contributed by atoms with E-state index in [1.165, 1.54) is 11.3 Å². The summed E-state index contributed by atoms with van der Waals surface area (Å²) in [6, 6.07) is 9.50. The third-order valence-corrected chi connectivity index (χ3v) is 5.60. The van der Waals surface area contributed by atoms with Gasteiger partial charge in [0.05, 0.1) is 12.0 Å². The normalized spacial score (nSPS) is 16.8. The molecule has 0 unspecified atom stereocenters. The summed E-state index contributed by atoms with van der Waals surface area (Å²) < 4.78 is 6.09. The van der Waals surface area contributed by atoms with Crippen molar-refractivity contribution < 1.29 is 9.21 Å². The molecule has 26 heavy (non-hydrogen) atoms. The molecule has 4 aromatic rings. The summed E-state index contributed by atoms with van der Waals surface area (Å²) in [4.78, 5) is 27.9. The minimum atomic E-state index is -0.353. The Hall–Kier alpha value is -2.93. The number of aromatic nitrogens is 3. The number of thiazole rings is 1. The third kappa shape index (κ3) is 2.35. The van der Waals surface area contributed by atoms with Gasteiger partial charge >= 0.3 is 0 Å². The molecule has 0 radical (unpaired) electrons. The van der Waals surface area contributed by atoms with Gasteiger partial charge in [-0.05, 0) is 19.1 Å². The number of hydrogen-bond acceptors (Lipinski definition) is 5. The van der Waals surface area contributed by atoms with Crippen molar-refractivity contribution >= 4 is 28.2 Å². The van der Waals surface area contributed by atoms with E-state index in [-0.39, 0.29) is 11.9 Å². The number of benzene rings is 1. The van der Waals surface area contributed by atoms with E-state index >= 15 is 0 Å². The number of amides is 1. The van der Waals surface area contributed by atoms with Crippen LogP contribution in [0.5, 0.6) is 0 Å². The average molecular weight is 364 g/mol. The van der Waals surface area contributed by atoms with Crippen molar-refractivity contribution in [2.45, 2.75) is 19.4 Å². The van der Waals surface area contributed by atoms with Crippen molar-refractivity contribution in [2.75, 3.05) is 6.54 Å². The molecule has 3 aromatic heterocycles. The number of imidazole rings is 1. The molecule has 4 heterocycles. The predicted molar refractivity (Wildman–Crippen MR) is 98.2 cm³/mol. The molecule has 1 aromatic carbocycles. The number of nitrogens with zero attached hydrogens (tertiary/aromatic N) is 3. The quantitative estimate of drug-likeness (QED) is 0.588. The molecule has 1 aliphatic rings. The van der Waals surface area contributed by atoms with Gasteiger partial charge < -0.3 is 14.3 Å². The van der Waals surface area contributed by atoms with Crippen LogP contribution in [0.25, 0.3) is 11.0 Å². The first kappa shape index (κ1) is 15.3. The van der Waals surface area contributed by atoms with Crippen LogP contribution in [-0.4, -0.2) is 32.3 Å². The summed E-state index contributed by atoms with van der Waals surface area (Å²) in [7, 11) is 0. The van der Waals surface area contributed by atoms with E-state index in [0.29, 0.717) is 11.6 Å². The first-order valence-electron chi connectivity index (χ1n) is 8.45. The van der Waals surface area contributed by atoms with Gasteiger partial charge in [0, 0.05) is 35.1 Å². The topological polar surface area (TPSA) is 75.0 Å². The lowest BCUT2D eigenvalue weighted by molar-refractivity contribution is 0.0672. The number of fused-ring (bicyclic) bond motifs is 2. The molecule has 1 aliphatic heterocycles. The average Bonchev–Trinajstić information content (AvgIpc) is 3.38. The smallest absolute Gasteiger partial charge is 0.283 e. The van der Waals surface area contributed by atoms with E-state index in [4.69, 9.17) is 4.42 Å². The molecule has 1 atom stereocenters. The number of carbonyl (C=O) groups is 1. The summed E-state index contributed by atoms with van der Waals surface area (Å²) in [5.74, 6) is 0.642. The van der Waals surface area contributed by atoms with Crippen LogP contribution < -0.4 is 0 Å². The van der Waals surface area contributed by atoms with E-state index in [9.17, 15) is 4.79 Å². The molecule has 0 saturated heterocycles. The van der Waals surface area contributed by atoms with E-state index in [0.717, 1.165) is 39.4 Å². The summed E-state index contributed by atoms with van der Waals surface area (Å²) in [5.41, 5.74) is 2.70. The highest BCUT2D eigenvalue weighted by molar-refractivity contribution is 7.13. The van der Waals surface area contributed by atoms with Gasteiger partial charge in [-0.15, -0.1) is 11.3 Å². The Bertz CT molecular complexity index is 1080. The van der Waals surface area contributed by atoms with Crippen molar-refractivity contribution in [3.8, 4) is 0 Å². The maximum atomic E-state index is 13.1. The molecule has 0 bridgehead atoms. The fourth-order valence-electron chi connectivity index (χ4n) is 3.50. The van der Waals surface area contributed by atoms with Crippen LogP contribution >= 0.6 is 11.3 Å². The van der Waals surface area contributed by atoms with Crippen molar-refractivity contribution in [1.29, 1.82) is 0 Å². The standard InChI is InChI=1S/C19H16N4O2S/c1-11-9-20-18(26-11)19(24)23-7-6-13-16(22-10-21-13)17(23)15-8-12-4-2-3-5-14(12)25-15/h2-5,8-10,17H,6-7H2,1H3,(H,21,22)/t17-/m1/s1. The minimum absolute atomic E-state index is 0.0813. The summed E-state index contributed by atoms with van der Waals surface area (Å²) >= 11 is 1.41. The minimum Gasteiger partial charge on any atom is -0.458 e. The molecule has 1 N–H and O–H groups in total. The number of furan rings is 1. The summed E-state index contributed by atoms with van der Waals surface area (Å²) in [6.45, 7) is 2.54. The highest BCUT2D eigenvalue weighted by Gasteiger charge is 2.37. The Morgan fingerprint density at radius 1 is 1.35 bits per heavy atom. The number of aromatic amines is 1. The molecule has 5 rings (SSSR count). The second kappa shape index (κ2) is 5.81. The fourth-order valence-corrected chi connectivity index (χ4v) is 4.22. The third-order valence-electron chi connectivity index (χ3n) is 4.70. The van der Waals surface area contributed by atoms with Crippen molar-refractivity contribution in [1.82, 2.24) is 19.9 Å². The van der Waals surface area contributed by atoms with Gasteiger partial charge in [-0.25, -0.2) is 9.97 Å². The lowest BCUT2D eigenvalue weighted by Gasteiger charge is -2.33. The monoisotopic (exact) mass is 364 g/mol. The highest BCUT2D eigenvalue weighted by atomic mass is 32.1. The van der Waals surface area contributed by atoms with Crippen LogP contribution in [-0.2, 0) is 6.42 Å². The number of para-hydroxylation sites is 1. The Morgan fingerprint density at radius 2 is 2.23 bits per heavy atom. The molecule has 1 amide bonds. The fraction of sp³-hybridized carbons (Fsp3) is 0.211. The van der Waals surface area contributed by atoms with Crippen LogP contribution in [0, 0.1) is 6.92 Å². The van der Waals surface area contributed by atoms with E-state index < -0.39 is 0 Å². The zero-order chi connectivity index (χ0) is 17.7. The molecule has 0 spiro atoms. The Balaban J connectivity index is 1.63. The highest BCUT2D eigenvalue weighted by Crippen LogP contribution is 2.37. The lowest BCUT2D eigenvalue weighted by Crippen LogP contribution is -2.40. The van der Waals surface area contributed by atoms with Gasteiger partial charge in [0.2, 0.25) is 0 Å². The summed E-state index contributed by atoms with van der Waals surface area (Å²) in [6.07, 6.45) is 4.15. The molecule has 130 valence electrons. The second-order valence-electron chi connectivity index (χ2n) is 6.38. The van der Waals surface area contributed by atoms with Crippen LogP contribution in [0.1, 0.15) is 37.9 Å². The van der Waals surface area contributed by atoms with Crippen molar-refractivity contribution in [2.24, 2.45) is 0 Å². The van der Waals surface area contributed by atoms with Gasteiger partial charge in [-0.2, -0.15) is 0 Å². The molecular weight excluding hydrogens is 348 g/mol. The molecule has 6 nitrogen and oxygen atoms in total. The van der Waals surface area contributed by atoms with Gasteiger partial charge in [-0.3, -0.25) is 4.79 Å². The maximum absolute atomic E-state index is 13.1. The number of hydrogen-bond donors (Lipinski definition) is 1. The molecule has 0 aliphatic carbocycles. The van der Waals surface area contributed by atoms with Crippen LogP contribution in [0.15, 0.2) is 47.3 Å². The van der Waals surface area contributed by atoms with E-state index in [2.05, 4.69) is 15.0 Å². The number of nitrogens with one attached hydrogen (secondary N) is 1. The van der Waals surface area contributed by atoms with Crippen LogP contribution in [0.4, 0.5) is 0 Å². The van der Waals surface area contributed by atoms with Gasteiger partial charge in [0.25, 0.3) is 5.91 Å². The first-order chi connectivity index (χ1) is 12.7. The zero-order valence-corrected chi connectivity index (χ0v) is 14.9. The molecule has 7 heteroatoms. The number of aryl methyl sites for hydroxylation is 1. The SMILES string of the molecule is Cc1cnc(C(=O)N2CCc3[nH]cnc3[C@H]2c2cc3ccccc3o2)s1. The van der Waals surface area contributed by atoms with Crippen LogP contribution in [0.3, 0.4) is 0 Å². The van der Waals surface area contributed by atoms with Gasteiger partial charge in [0.1, 0.15) is 17.4 Å². The molecular formula is C19H16N4O2S. The Kier molecular flexibility index (Phi) is 3.43. The Labute approximate surface area is 153 Å². The predicted octanol–water partition coefficient (Wildman–Crippen LogP) is 3.71. The van der Waals surface area contributed by atoms with E-state index in [1.807, 2.05) is 42.2 Å². The van der Waals surface area contributed by atoms with Crippen LogP contribution in [0.2, 0.25) is 0 Å². The number of rotatable bonds is 2. The van der Waals surface area contributed by atoms with Gasteiger partial charge in [-0.1, -0.05) is 18.2 Å². The number of H-pyrrole nitrogens is 1. The second-order valence-corrected chi connectivity index (χ2v) is 7.61. The molecule has 0 saturated carbocycles.